The molecule has 86 valence electrons. The molecule has 1 heterocycles. The third kappa shape index (κ3) is 2.68. The summed E-state index contributed by atoms with van der Waals surface area (Å²) >= 11 is 0. The van der Waals surface area contributed by atoms with Crippen LogP contribution in [0.25, 0.3) is 0 Å². The first kappa shape index (κ1) is 11.3. The van der Waals surface area contributed by atoms with Gasteiger partial charge in [0.1, 0.15) is 0 Å². The van der Waals surface area contributed by atoms with Crippen molar-refractivity contribution in [3.8, 4) is 0 Å². The second-order valence-corrected chi connectivity index (χ2v) is 4.12. The molecule has 0 unspecified atom stereocenters. The van der Waals surface area contributed by atoms with Gasteiger partial charge in [-0.1, -0.05) is 30.3 Å². The molecule has 1 fully saturated rings. The van der Waals surface area contributed by atoms with Gasteiger partial charge in [0.2, 0.25) is 0 Å². The lowest BCUT2D eigenvalue weighted by molar-refractivity contribution is -0.145. The number of ether oxygens (including phenoxy) is 2. The highest BCUT2D eigenvalue weighted by Gasteiger charge is 2.31. The Balaban J connectivity index is 1.89. The summed E-state index contributed by atoms with van der Waals surface area (Å²) in [6.07, 6.45) is 1.07. The van der Waals surface area contributed by atoms with Gasteiger partial charge in [-0.3, -0.25) is 4.79 Å². The zero-order valence-electron chi connectivity index (χ0n) is 9.44. The number of carbonyl (C=O) groups is 1. The monoisotopic (exact) mass is 220 g/mol. The number of hydrogen-bond acceptors (Lipinski definition) is 3. The van der Waals surface area contributed by atoms with Crippen molar-refractivity contribution in [2.24, 2.45) is 0 Å². The van der Waals surface area contributed by atoms with Crippen molar-refractivity contribution < 1.29 is 14.3 Å². The smallest absolute Gasteiger partial charge is 0.166 e. The van der Waals surface area contributed by atoms with E-state index in [1.807, 2.05) is 37.3 Å². The van der Waals surface area contributed by atoms with Crippen LogP contribution in [0.2, 0.25) is 0 Å². The summed E-state index contributed by atoms with van der Waals surface area (Å²) in [7, 11) is 0. The molecule has 1 aromatic rings. The summed E-state index contributed by atoms with van der Waals surface area (Å²) in [5.41, 5.74) is 0.754. The van der Waals surface area contributed by atoms with Crippen LogP contribution >= 0.6 is 0 Å². The third-order valence-electron chi connectivity index (χ3n) is 2.80. The summed E-state index contributed by atoms with van der Waals surface area (Å²) in [4.78, 5) is 11.8. The van der Waals surface area contributed by atoms with Crippen LogP contribution in [0.1, 0.15) is 30.1 Å². The zero-order valence-corrected chi connectivity index (χ0v) is 9.44. The molecule has 1 aromatic carbocycles. The van der Waals surface area contributed by atoms with Crippen molar-refractivity contribution in [1.82, 2.24) is 0 Å². The van der Waals surface area contributed by atoms with E-state index in [1.165, 1.54) is 0 Å². The molecule has 0 saturated carbocycles. The molecule has 0 radical (unpaired) electrons. The van der Waals surface area contributed by atoms with Crippen LogP contribution in [0.15, 0.2) is 30.3 Å². The van der Waals surface area contributed by atoms with Crippen molar-refractivity contribution in [2.75, 3.05) is 13.2 Å². The molecule has 16 heavy (non-hydrogen) atoms. The maximum atomic E-state index is 11.8. The van der Waals surface area contributed by atoms with Crippen molar-refractivity contribution in [2.45, 2.75) is 25.6 Å². The lowest BCUT2D eigenvalue weighted by atomic mass is 10.0. The maximum absolute atomic E-state index is 11.8. The minimum absolute atomic E-state index is 0.140. The Labute approximate surface area is 95.4 Å². The molecule has 1 saturated heterocycles. The van der Waals surface area contributed by atoms with E-state index in [9.17, 15) is 4.79 Å². The second-order valence-electron chi connectivity index (χ2n) is 4.12. The second kappa shape index (κ2) is 4.76. The third-order valence-corrected chi connectivity index (χ3v) is 2.80. The lowest BCUT2D eigenvalue weighted by Crippen LogP contribution is -2.26. The van der Waals surface area contributed by atoms with Crippen molar-refractivity contribution in [3.05, 3.63) is 35.9 Å². The Hall–Kier alpha value is -1.19. The predicted octanol–water partition coefficient (Wildman–Crippen LogP) is 2.41. The van der Waals surface area contributed by atoms with E-state index in [4.69, 9.17) is 9.47 Å². The quantitative estimate of drug-likeness (QED) is 0.731. The first-order valence-corrected chi connectivity index (χ1v) is 5.56. The summed E-state index contributed by atoms with van der Waals surface area (Å²) in [5, 5.41) is 0. The lowest BCUT2D eigenvalue weighted by Gasteiger charge is -2.21. The fourth-order valence-corrected chi connectivity index (χ4v) is 1.81. The van der Waals surface area contributed by atoms with Gasteiger partial charge >= 0.3 is 0 Å². The van der Waals surface area contributed by atoms with E-state index < -0.39 is 5.79 Å². The van der Waals surface area contributed by atoms with Crippen molar-refractivity contribution >= 4 is 5.78 Å². The van der Waals surface area contributed by atoms with E-state index in [0.29, 0.717) is 26.1 Å². The molecule has 0 atom stereocenters. The molecule has 1 aliphatic rings. The summed E-state index contributed by atoms with van der Waals surface area (Å²) in [5.74, 6) is -0.425. The van der Waals surface area contributed by atoms with Crippen molar-refractivity contribution in [1.29, 1.82) is 0 Å². The van der Waals surface area contributed by atoms with Gasteiger partial charge in [-0.05, 0) is 6.92 Å². The number of benzene rings is 1. The van der Waals surface area contributed by atoms with Gasteiger partial charge in [0.15, 0.2) is 11.6 Å². The summed E-state index contributed by atoms with van der Waals surface area (Å²) in [6.45, 7) is 3.13. The fraction of sp³-hybridized carbons (Fsp3) is 0.462. The molecule has 3 nitrogen and oxygen atoms in total. The normalized spacial score (nSPS) is 18.6. The topological polar surface area (TPSA) is 35.5 Å². The molecule has 0 aliphatic carbocycles. The number of hydrogen-bond donors (Lipinski definition) is 0. The van der Waals surface area contributed by atoms with E-state index in [1.54, 1.807) is 0 Å². The first-order chi connectivity index (χ1) is 7.70. The van der Waals surface area contributed by atoms with Crippen LogP contribution in [0.4, 0.5) is 0 Å². The van der Waals surface area contributed by atoms with E-state index >= 15 is 0 Å². The van der Waals surface area contributed by atoms with E-state index in [0.717, 1.165) is 5.56 Å². The van der Waals surface area contributed by atoms with Gasteiger partial charge in [0.05, 0.1) is 13.2 Å². The van der Waals surface area contributed by atoms with Crippen molar-refractivity contribution in [3.63, 3.8) is 0 Å². The summed E-state index contributed by atoms with van der Waals surface area (Å²) in [6, 6.07) is 9.32. The van der Waals surface area contributed by atoms with Gasteiger partial charge in [0, 0.05) is 18.4 Å². The molecule has 0 aromatic heterocycles. The first-order valence-electron chi connectivity index (χ1n) is 5.56. The number of Topliss-reactive ketones (excluding diaryl/α,β-unsaturated/α-hetero) is 1. The Bertz CT molecular complexity index is 353. The Morgan fingerprint density at radius 2 is 1.88 bits per heavy atom. The van der Waals surface area contributed by atoms with Gasteiger partial charge < -0.3 is 9.47 Å². The molecular formula is C13H16O3. The molecule has 3 heteroatoms. The Kier molecular flexibility index (Phi) is 3.36. The molecule has 0 amide bonds. The molecule has 0 spiro atoms. The Morgan fingerprint density at radius 3 is 2.50 bits per heavy atom. The maximum Gasteiger partial charge on any atom is 0.166 e. The molecule has 0 bridgehead atoms. The van der Waals surface area contributed by atoms with Crippen LogP contribution in [0, 0.1) is 0 Å². The molecule has 1 aliphatic heterocycles. The minimum Gasteiger partial charge on any atom is -0.348 e. The highest BCUT2D eigenvalue weighted by Crippen LogP contribution is 2.24. The van der Waals surface area contributed by atoms with Crippen LogP contribution in [0.5, 0.6) is 0 Å². The SMILES string of the molecule is CC1(CCC(=O)c2ccccc2)OCCO1. The van der Waals surface area contributed by atoms with E-state index in [-0.39, 0.29) is 5.78 Å². The van der Waals surface area contributed by atoms with Crippen LogP contribution in [0.3, 0.4) is 0 Å². The molecule has 0 N–H and O–H groups in total. The standard InChI is InChI=1S/C13H16O3/c1-13(15-9-10-16-13)8-7-12(14)11-5-3-2-4-6-11/h2-6H,7-10H2,1H3. The zero-order chi connectivity index (χ0) is 11.4. The number of rotatable bonds is 4. The van der Waals surface area contributed by atoms with Gasteiger partial charge in [0.25, 0.3) is 0 Å². The van der Waals surface area contributed by atoms with Crippen LogP contribution in [-0.2, 0) is 9.47 Å². The van der Waals surface area contributed by atoms with Gasteiger partial charge in [-0.15, -0.1) is 0 Å². The van der Waals surface area contributed by atoms with Crippen LogP contribution in [-0.4, -0.2) is 24.8 Å². The fourth-order valence-electron chi connectivity index (χ4n) is 1.81. The average molecular weight is 220 g/mol. The predicted molar refractivity (Wildman–Crippen MR) is 60.3 cm³/mol. The minimum atomic E-state index is -0.565. The number of ketones is 1. The average Bonchev–Trinajstić information content (AvgIpc) is 2.75. The molecule has 2 rings (SSSR count). The Morgan fingerprint density at radius 1 is 1.25 bits per heavy atom. The highest BCUT2D eigenvalue weighted by atomic mass is 16.7. The largest absolute Gasteiger partial charge is 0.348 e. The molecular weight excluding hydrogens is 204 g/mol. The van der Waals surface area contributed by atoms with Gasteiger partial charge in [-0.2, -0.15) is 0 Å². The highest BCUT2D eigenvalue weighted by molar-refractivity contribution is 5.95. The van der Waals surface area contributed by atoms with Gasteiger partial charge in [-0.25, -0.2) is 0 Å². The van der Waals surface area contributed by atoms with Crippen LogP contribution < -0.4 is 0 Å². The van der Waals surface area contributed by atoms with E-state index in [2.05, 4.69) is 0 Å². The summed E-state index contributed by atoms with van der Waals surface area (Å²) < 4.78 is 10.9. The number of carbonyl (C=O) groups excluding carboxylic acids is 1.